The Balaban J connectivity index is 1.65. The molecule has 38 heavy (non-hydrogen) atoms. The van der Waals surface area contributed by atoms with Crippen LogP contribution in [0.3, 0.4) is 0 Å². The zero-order chi connectivity index (χ0) is 27.1. The number of aromatic nitrogens is 2. The van der Waals surface area contributed by atoms with E-state index >= 15 is 0 Å². The van der Waals surface area contributed by atoms with Gasteiger partial charge >= 0.3 is 0 Å². The van der Waals surface area contributed by atoms with Gasteiger partial charge in [0.2, 0.25) is 0 Å². The zero-order valence-corrected chi connectivity index (χ0v) is 23.6. The highest BCUT2D eigenvalue weighted by Crippen LogP contribution is 2.31. The van der Waals surface area contributed by atoms with E-state index in [4.69, 9.17) is 20.2 Å². The summed E-state index contributed by atoms with van der Waals surface area (Å²) in [6, 6.07) is 21.3. The topological polar surface area (TPSA) is 50.5 Å². The average Bonchev–Trinajstić information content (AvgIpc) is 2.87. The number of aliphatic imine (C=N–C) groups is 2. The Morgan fingerprint density at radius 2 is 0.868 bits per heavy atom. The largest absolute Gasteiger partial charge is 0.253 e. The van der Waals surface area contributed by atoms with Gasteiger partial charge in [-0.3, -0.25) is 9.98 Å². The minimum atomic E-state index is 0.862. The van der Waals surface area contributed by atoms with Crippen LogP contribution in [0.25, 0.3) is 21.8 Å². The molecule has 5 rings (SSSR count). The minimum Gasteiger partial charge on any atom is -0.253 e. The van der Waals surface area contributed by atoms with Crippen LogP contribution < -0.4 is 0 Å². The summed E-state index contributed by atoms with van der Waals surface area (Å²) in [7, 11) is 0. The molecule has 0 spiro atoms. The van der Waals surface area contributed by atoms with Gasteiger partial charge < -0.3 is 0 Å². The fraction of sp³-hybridized carbons (Fsp3) is 0.235. The molecule has 0 radical (unpaired) electrons. The molecule has 0 unspecified atom stereocenters. The lowest BCUT2D eigenvalue weighted by Gasteiger charge is -2.12. The molecule has 0 amide bonds. The van der Waals surface area contributed by atoms with Crippen molar-refractivity contribution in [2.75, 3.05) is 0 Å². The summed E-state index contributed by atoms with van der Waals surface area (Å²) < 4.78 is 0. The lowest BCUT2D eigenvalue weighted by Crippen LogP contribution is -2.03. The highest BCUT2D eigenvalue weighted by molar-refractivity contribution is 6.18. The van der Waals surface area contributed by atoms with Crippen molar-refractivity contribution in [3.63, 3.8) is 0 Å². The lowest BCUT2D eigenvalue weighted by atomic mass is 9.99. The first-order valence-electron chi connectivity index (χ1n) is 13.1. The first-order chi connectivity index (χ1) is 18.1. The van der Waals surface area contributed by atoms with Gasteiger partial charge in [-0.2, -0.15) is 0 Å². The lowest BCUT2D eigenvalue weighted by molar-refractivity contribution is 1.12. The van der Waals surface area contributed by atoms with E-state index in [9.17, 15) is 0 Å². The molecule has 0 bridgehead atoms. The second-order valence-electron chi connectivity index (χ2n) is 10.5. The molecule has 0 atom stereocenters. The van der Waals surface area contributed by atoms with Crippen LogP contribution in [-0.2, 0) is 0 Å². The number of hydrogen-bond donors (Lipinski definition) is 0. The van der Waals surface area contributed by atoms with Crippen LogP contribution in [0, 0.1) is 41.5 Å². The predicted molar refractivity (Wildman–Crippen MR) is 162 cm³/mol. The number of benzene rings is 4. The summed E-state index contributed by atoms with van der Waals surface area (Å²) in [6.07, 6.45) is 0. The van der Waals surface area contributed by atoms with E-state index in [1.165, 1.54) is 33.4 Å². The molecule has 0 saturated heterocycles. The van der Waals surface area contributed by atoms with Crippen molar-refractivity contribution in [1.82, 2.24) is 10.2 Å². The SMILES string of the molecule is C/C(=N\c1c(C)cc(C)cc1C)c1cccc2c1nnc1c(/C(C)=N/c3c(C)cc(C)cc3C)cccc12. The normalized spacial score (nSPS) is 12.5. The molecule has 0 aliphatic rings. The van der Waals surface area contributed by atoms with E-state index in [1.807, 2.05) is 0 Å². The predicted octanol–water partition coefficient (Wildman–Crippen LogP) is 8.91. The van der Waals surface area contributed by atoms with Crippen molar-refractivity contribution in [1.29, 1.82) is 0 Å². The van der Waals surface area contributed by atoms with E-state index in [1.54, 1.807) is 0 Å². The van der Waals surface area contributed by atoms with Gasteiger partial charge in [-0.25, -0.2) is 0 Å². The van der Waals surface area contributed by atoms with Crippen LogP contribution in [0.4, 0.5) is 11.4 Å². The summed E-state index contributed by atoms with van der Waals surface area (Å²) >= 11 is 0. The van der Waals surface area contributed by atoms with Crippen molar-refractivity contribution in [3.8, 4) is 0 Å². The summed E-state index contributed by atoms with van der Waals surface area (Å²) in [4.78, 5) is 10.1. The quantitative estimate of drug-likeness (QED) is 0.183. The highest BCUT2D eigenvalue weighted by Gasteiger charge is 2.14. The molecule has 0 fully saturated rings. The number of aryl methyl sites for hydroxylation is 6. The molecule has 0 N–H and O–H groups in total. The van der Waals surface area contributed by atoms with Crippen LogP contribution in [0.15, 0.2) is 70.6 Å². The number of rotatable bonds is 4. The first-order valence-corrected chi connectivity index (χ1v) is 13.1. The molecule has 5 aromatic rings. The van der Waals surface area contributed by atoms with Gasteiger partial charge in [-0.05, 0) is 77.6 Å². The fourth-order valence-corrected chi connectivity index (χ4v) is 5.57. The van der Waals surface area contributed by atoms with E-state index in [0.29, 0.717) is 0 Å². The summed E-state index contributed by atoms with van der Waals surface area (Å²) in [5.74, 6) is 0. The monoisotopic (exact) mass is 498 g/mol. The van der Waals surface area contributed by atoms with E-state index in [2.05, 4.69) is 116 Å². The van der Waals surface area contributed by atoms with Gasteiger partial charge in [-0.15, -0.1) is 10.2 Å². The maximum atomic E-state index is 5.04. The van der Waals surface area contributed by atoms with Crippen LogP contribution in [0.5, 0.6) is 0 Å². The van der Waals surface area contributed by atoms with Gasteiger partial charge in [0, 0.05) is 33.3 Å². The van der Waals surface area contributed by atoms with Gasteiger partial charge in [-0.1, -0.05) is 71.8 Å². The molecule has 1 aromatic heterocycles. The van der Waals surface area contributed by atoms with Crippen LogP contribution in [-0.4, -0.2) is 21.6 Å². The van der Waals surface area contributed by atoms with E-state index in [0.717, 1.165) is 55.7 Å². The maximum absolute atomic E-state index is 5.04. The Morgan fingerprint density at radius 3 is 1.21 bits per heavy atom. The molecule has 1 heterocycles. The molecule has 4 nitrogen and oxygen atoms in total. The zero-order valence-electron chi connectivity index (χ0n) is 23.6. The molecule has 0 saturated carbocycles. The molecule has 190 valence electrons. The summed E-state index contributed by atoms with van der Waals surface area (Å²) in [6.45, 7) is 16.8. The summed E-state index contributed by atoms with van der Waals surface area (Å²) in [5.41, 5.74) is 14.8. The maximum Gasteiger partial charge on any atom is 0.103 e. The Kier molecular flexibility index (Phi) is 6.66. The Hall–Kier alpha value is -4.18. The number of fused-ring (bicyclic) bond motifs is 3. The van der Waals surface area contributed by atoms with Crippen molar-refractivity contribution in [3.05, 3.63) is 105 Å². The van der Waals surface area contributed by atoms with E-state index < -0.39 is 0 Å². The van der Waals surface area contributed by atoms with Crippen LogP contribution in [0.1, 0.15) is 58.4 Å². The van der Waals surface area contributed by atoms with Crippen molar-refractivity contribution < 1.29 is 0 Å². The smallest absolute Gasteiger partial charge is 0.103 e. The fourth-order valence-electron chi connectivity index (χ4n) is 5.57. The number of nitrogens with zero attached hydrogens (tertiary/aromatic N) is 4. The Labute approximate surface area is 225 Å². The third-order valence-electron chi connectivity index (χ3n) is 7.22. The Bertz CT molecular complexity index is 1610. The average molecular weight is 499 g/mol. The molecular formula is C34H34N4. The molecule has 0 aliphatic heterocycles. The standard InChI is InChI=1S/C34H34N4/c1-19-15-21(3)31(22(4)16-19)35-25(7)27-11-9-13-29-30-14-10-12-28(34(30)38-37-33(27)29)26(8)36-32-23(5)17-20(2)18-24(32)6/h9-18H,1-8H3/b35-25+,36-26+. The molecule has 0 aliphatic carbocycles. The van der Waals surface area contributed by atoms with Gasteiger partial charge in [0.05, 0.1) is 11.4 Å². The van der Waals surface area contributed by atoms with Crippen molar-refractivity contribution in [2.24, 2.45) is 9.98 Å². The first kappa shape index (κ1) is 25.5. The number of hydrogen-bond acceptors (Lipinski definition) is 4. The van der Waals surface area contributed by atoms with Gasteiger partial charge in [0.15, 0.2) is 0 Å². The van der Waals surface area contributed by atoms with Gasteiger partial charge in [0.1, 0.15) is 11.0 Å². The molecular weight excluding hydrogens is 464 g/mol. The Morgan fingerprint density at radius 1 is 0.526 bits per heavy atom. The molecule has 4 heteroatoms. The van der Waals surface area contributed by atoms with Crippen molar-refractivity contribution >= 4 is 44.6 Å². The summed E-state index contributed by atoms with van der Waals surface area (Å²) in [5, 5.41) is 11.6. The van der Waals surface area contributed by atoms with E-state index in [-0.39, 0.29) is 0 Å². The second-order valence-corrected chi connectivity index (χ2v) is 10.5. The van der Waals surface area contributed by atoms with Gasteiger partial charge in [0.25, 0.3) is 0 Å². The molecule has 4 aromatic carbocycles. The second kappa shape index (κ2) is 9.94. The van der Waals surface area contributed by atoms with Crippen molar-refractivity contribution in [2.45, 2.75) is 55.4 Å². The van der Waals surface area contributed by atoms with Crippen LogP contribution in [0.2, 0.25) is 0 Å². The third-order valence-corrected chi connectivity index (χ3v) is 7.22. The highest BCUT2D eigenvalue weighted by atomic mass is 15.1. The third kappa shape index (κ3) is 4.63. The minimum absolute atomic E-state index is 0.862. The van der Waals surface area contributed by atoms with Crippen LogP contribution >= 0.6 is 0 Å².